The van der Waals surface area contributed by atoms with Gasteiger partial charge in [-0.2, -0.15) is 4.98 Å². The normalized spacial score (nSPS) is 12.9. The molecule has 124 valence electrons. The molecule has 1 aliphatic rings. The molecule has 5 rings (SSSR count). The van der Waals surface area contributed by atoms with Gasteiger partial charge in [0.2, 0.25) is 12.6 Å². The molecule has 0 unspecified atom stereocenters. The Morgan fingerprint density at radius 2 is 1.84 bits per heavy atom. The van der Waals surface area contributed by atoms with Gasteiger partial charge in [-0.25, -0.2) is 0 Å². The smallest absolute Gasteiger partial charge is 0.258 e. The van der Waals surface area contributed by atoms with E-state index < -0.39 is 0 Å². The van der Waals surface area contributed by atoms with E-state index >= 15 is 0 Å². The molecule has 0 aliphatic carbocycles. The van der Waals surface area contributed by atoms with Crippen molar-refractivity contribution in [2.75, 3.05) is 6.79 Å². The standard InChI is InChI=1S/C19H14N2O4/c1-10-3-5-14-13(7-10)11(2)17(24-14)18-20-19(25-21-18)12-4-6-15-16(8-12)23-9-22-15/h3-8H,9H2,1-2H3. The van der Waals surface area contributed by atoms with Gasteiger partial charge in [0.25, 0.3) is 5.89 Å². The van der Waals surface area contributed by atoms with Gasteiger partial charge in [0, 0.05) is 16.5 Å². The maximum atomic E-state index is 5.93. The zero-order valence-corrected chi connectivity index (χ0v) is 13.7. The van der Waals surface area contributed by atoms with Crippen molar-refractivity contribution < 1.29 is 18.4 Å². The number of rotatable bonds is 2. The second-order valence-corrected chi connectivity index (χ2v) is 6.05. The summed E-state index contributed by atoms with van der Waals surface area (Å²) in [6.45, 7) is 4.28. The van der Waals surface area contributed by atoms with Crippen LogP contribution in [0.5, 0.6) is 11.5 Å². The van der Waals surface area contributed by atoms with E-state index in [0.29, 0.717) is 29.0 Å². The molecule has 0 spiro atoms. The summed E-state index contributed by atoms with van der Waals surface area (Å²) >= 11 is 0. The third-order valence-electron chi connectivity index (χ3n) is 4.34. The Kier molecular flexibility index (Phi) is 2.88. The van der Waals surface area contributed by atoms with E-state index in [1.165, 1.54) is 5.56 Å². The van der Waals surface area contributed by atoms with Crippen molar-refractivity contribution in [3.63, 3.8) is 0 Å². The van der Waals surface area contributed by atoms with Crippen LogP contribution in [0.15, 0.2) is 45.3 Å². The first-order valence-corrected chi connectivity index (χ1v) is 7.93. The van der Waals surface area contributed by atoms with E-state index in [-0.39, 0.29) is 6.79 Å². The van der Waals surface area contributed by atoms with Crippen LogP contribution in [0.1, 0.15) is 11.1 Å². The Morgan fingerprint density at radius 3 is 2.76 bits per heavy atom. The Balaban J connectivity index is 1.58. The van der Waals surface area contributed by atoms with Gasteiger partial charge in [-0.3, -0.25) is 0 Å². The highest BCUT2D eigenvalue weighted by atomic mass is 16.7. The lowest BCUT2D eigenvalue weighted by molar-refractivity contribution is 0.174. The third kappa shape index (κ3) is 2.18. The lowest BCUT2D eigenvalue weighted by atomic mass is 10.1. The summed E-state index contributed by atoms with van der Waals surface area (Å²) in [5.41, 5.74) is 3.76. The molecule has 0 radical (unpaired) electrons. The van der Waals surface area contributed by atoms with Crippen molar-refractivity contribution in [3.05, 3.63) is 47.5 Å². The van der Waals surface area contributed by atoms with Crippen molar-refractivity contribution in [2.24, 2.45) is 0 Å². The molecular weight excluding hydrogens is 320 g/mol. The molecule has 0 amide bonds. The monoisotopic (exact) mass is 334 g/mol. The van der Waals surface area contributed by atoms with Crippen molar-refractivity contribution in [1.82, 2.24) is 10.1 Å². The number of hydrogen-bond acceptors (Lipinski definition) is 6. The summed E-state index contributed by atoms with van der Waals surface area (Å²) in [6.07, 6.45) is 0. The fourth-order valence-electron chi connectivity index (χ4n) is 3.01. The zero-order valence-electron chi connectivity index (χ0n) is 13.7. The minimum Gasteiger partial charge on any atom is -0.454 e. The number of furan rings is 1. The van der Waals surface area contributed by atoms with Crippen LogP contribution in [0.3, 0.4) is 0 Å². The molecule has 3 heterocycles. The summed E-state index contributed by atoms with van der Waals surface area (Å²) in [5, 5.41) is 5.14. The number of nitrogens with zero attached hydrogens (tertiary/aromatic N) is 2. The molecule has 2 aromatic carbocycles. The molecule has 0 fully saturated rings. The molecule has 25 heavy (non-hydrogen) atoms. The first-order valence-electron chi connectivity index (χ1n) is 7.93. The molecule has 1 aliphatic heterocycles. The Morgan fingerprint density at radius 1 is 0.960 bits per heavy atom. The number of ether oxygens (including phenoxy) is 2. The highest BCUT2D eigenvalue weighted by molar-refractivity contribution is 5.87. The predicted molar refractivity (Wildman–Crippen MR) is 90.5 cm³/mol. The van der Waals surface area contributed by atoms with Gasteiger partial charge in [-0.05, 0) is 44.2 Å². The fourth-order valence-corrected chi connectivity index (χ4v) is 3.01. The lowest BCUT2D eigenvalue weighted by Gasteiger charge is -1.97. The van der Waals surface area contributed by atoms with Crippen LogP contribution in [-0.2, 0) is 0 Å². The minimum absolute atomic E-state index is 0.228. The van der Waals surface area contributed by atoms with E-state index in [0.717, 1.165) is 22.1 Å². The number of hydrogen-bond donors (Lipinski definition) is 0. The minimum atomic E-state index is 0.228. The Hall–Kier alpha value is -3.28. The fraction of sp³-hybridized carbons (Fsp3) is 0.158. The summed E-state index contributed by atoms with van der Waals surface area (Å²) in [6, 6.07) is 11.6. The first kappa shape index (κ1) is 14.1. The van der Waals surface area contributed by atoms with E-state index in [1.54, 1.807) is 0 Å². The molecule has 6 heteroatoms. The second-order valence-electron chi connectivity index (χ2n) is 6.05. The van der Waals surface area contributed by atoms with E-state index in [2.05, 4.69) is 23.1 Å². The lowest BCUT2D eigenvalue weighted by Crippen LogP contribution is -1.92. The van der Waals surface area contributed by atoms with Crippen LogP contribution in [0.25, 0.3) is 34.0 Å². The van der Waals surface area contributed by atoms with Gasteiger partial charge in [0.15, 0.2) is 17.3 Å². The molecule has 0 saturated carbocycles. The molecule has 0 bridgehead atoms. The summed E-state index contributed by atoms with van der Waals surface area (Å²) in [4.78, 5) is 4.49. The highest BCUT2D eigenvalue weighted by Gasteiger charge is 2.20. The van der Waals surface area contributed by atoms with Gasteiger partial charge in [0.05, 0.1) is 0 Å². The van der Waals surface area contributed by atoms with Crippen molar-refractivity contribution in [2.45, 2.75) is 13.8 Å². The van der Waals surface area contributed by atoms with Crippen molar-refractivity contribution in [1.29, 1.82) is 0 Å². The van der Waals surface area contributed by atoms with Crippen molar-refractivity contribution in [3.8, 4) is 34.5 Å². The first-order chi connectivity index (χ1) is 12.2. The largest absolute Gasteiger partial charge is 0.454 e. The molecular formula is C19H14N2O4. The molecule has 2 aromatic heterocycles. The highest BCUT2D eigenvalue weighted by Crippen LogP contribution is 2.37. The molecule has 6 nitrogen and oxygen atoms in total. The zero-order chi connectivity index (χ0) is 17.0. The molecule has 4 aromatic rings. The number of benzene rings is 2. The van der Waals surface area contributed by atoms with Crippen LogP contribution in [0, 0.1) is 13.8 Å². The second kappa shape index (κ2) is 5.11. The summed E-state index contributed by atoms with van der Waals surface area (Å²) < 4.78 is 22.1. The Bertz CT molecular complexity index is 1110. The Labute approximate surface area is 143 Å². The van der Waals surface area contributed by atoms with Gasteiger partial charge in [-0.1, -0.05) is 16.8 Å². The van der Waals surface area contributed by atoms with E-state index in [9.17, 15) is 0 Å². The predicted octanol–water partition coefficient (Wildman–Crippen LogP) is 4.50. The average Bonchev–Trinajstić information content (AvgIpc) is 3.33. The molecule has 0 saturated heterocycles. The van der Waals surface area contributed by atoms with Crippen LogP contribution >= 0.6 is 0 Å². The molecule has 0 N–H and O–H groups in total. The van der Waals surface area contributed by atoms with Crippen LogP contribution in [0.2, 0.25) is 0 Å². The van der Waals surface area contributed by atoms with Gasteiger partial charge < -0.3 is 18.4 Å². The SMILES string of the molecule is Cc1ccc2oc(-c3noc(-c4ccc5c(c4)OCO5)n3)c(C)c2c1. The van der Waals surface area contributed by atoms with E-state index in [1.807, 2.05) is 37.3 Å². The van der Waals surface area contributed by atoms with Crippen LogP contribution in [0.4, 0.5) is 0 Å². The summed E-state index contributed by atoms with van der Waals surface area (Å²) in [7, 11) is 0. The topological polar surface area (TPSA) is 70.5 Å². The average molecular weight is 334 g/mol. The van der Waals surface area contributed by atoms with Gasteiger partial charge in [0.1, 0.15) is 5.58 Å². The van der Waals surface area contributed by atoms with Gasteiger partial charge in [-0.15, -0.1) is 0 Å². The third-order valence-corrected chi connectivity index (χ3v) is 4.34. The number of fused-ring (bicyclic) bond motifs is 2. The van der Waals surface area contributed by atoms with Crippen LogP contribution in [-0.4, -0.2) is 16.9 Å². The summed E-state index contributed by atoms with van der Waals surface area (Å²) in [5.74, 6) is 2.85. The number of aryl methyl sites for hydroxylation is 2. The van der Waals surface area contributed by atoms with Crippen LogP contribution < -0.4 is 9.47 Å². The van der Waals surface area contributed by atoms with Gasteiger partial charge >= 0.3 is 0 Å². The van der Waals surface area contributed by atoms with Crippen molar-refractivity contribution >= 4 is 11.0 Å². The molecule has 0 atom stereocenters. The maximum absolute atomic E-state index is 5.93. The quantitative estimate of drug-likeness (QED) is 0.538. The number of aromatic nitrogens is 2. The van der Waals surface area contributed by atoms with E-state index in [4.69, 9.17) is 18.4 Å². The maximum Gasteiger partial charge on any atom is 0.258 e.